The number of thiophene rings is 1. The Kier molecular flexibility index (Phi) is 4.11. The number of aryl methyl sites for hydroxylation is 1. The molecule has 4 rings (SSSR count). The number of carbonyl (C=O) groups is 1. The van der Waals surface area contributed by atoms with Gasteiger partial charge in [-0.15, -0.1) is 11.3 Å². The van der Waals surface area contributed by atoms with Crippen LogP contribution >= 0.6 is 11.3 Å². The van der Waals surface area contributed by atoms with E-state index in [4.69, 9.17) is 5.73 Å². The Hall–Kier alpha value is -2.54. The van der Waals surface area contributed by atoms with Gasteiger partial charge in [-0.25, -0.2) is 13.8 Å². The van der Waals surface area contributed by atoms with Gasteiger partial charge in [0.2, 0.25) is 0 Å². The highest BCUT2D eigenvalue weighted by Crippen LogP contribution is 2.36. The van der Waals surface area contributed by atoms with Gasteiger partial charge in [0, 0.05) is 17.1 Å². The van der Waals surface area contributed by atoms with E-state index in [1.54, 1.807) is 0 Å². The van der Waals surface area contributed by atoms with Crippen LogP contribution < -0.4 is 11.1 Å². The number of nitrogens with one attached hydrogen (secondary N) is 1. The van der Waals surface area contributed by atoms with Crippen molar-refractivity contribution in [1.82, 2.24) is 4.98 Å². The van der Waals surface area contributed by atoms with Crippen LogP contribution in [0.1, 0.15) is 34.3 Å². The lowest BCUT2D eigenvalue weighted by Crippen LogP contribution is -2.13. The van der Waals surface area contributed by atoms with Gasteiger partial charge >= 0.3 is 0 Å². The van der Waals surface area contributed by atoms with Crippen molar-refractivity contribution in [3.8, 4) is 0 Å². The molecule has 26 heavy (non-hydrogen) atoms. The summed E-state index contributed by atoms with van der Waals surface area (Å²) >= 11 is 1.17. The zero-order valence-electron chi connectivity index (χ0n) is 14.1. The minimum Gasteiger partial charge on any atom is -0.397 e. The van der Waals surface area contributed by atoms with E-state index in [1.165, 1.54) is 16.9 Å². The number of nitrogen functional groups attached to an aromatic ring is 1. The number of fused-ring (bicyclic) bond motifs is 2. The van der Waals surface area contributed by atoms with E-state index in [0.29, 0.717) is 16.4 Å². The second-order valence-corrected chi connectivity index (χ2v) is 7.72. The number of amides is 1. The number of nitrogens with two attached hydrogens (primary N) is 1. The first-order chi connectivity index (χ1) is 12.4. The molecule has 2 aromatic heterocycles. The topological polar surface area (TPSA) is 68.0 Å². The molecule has 0 fully saturated rings. The first-order valence-electron chi connectivity index (χ1n) is 8.39. The van der Waals surface area contributed by atoms with E-state index in [2.05, 4.69) is 17.2 Å². The molecule has 0 radical (unpaired) electrons. The third-order valence-corrected chi connectivity index (χ3v) is 5.83. The minimum atomic E-state index is -0.706. The van der Waals surface area contributed by atoms with Crippen LogP contribution in [0.15, 0.2) is 24.3 Å². The Bertz CT molecular complexity index is 1030. The van der Waals surface area contributed by atoms with Crippen LogP contribution in [0.2, 0.25) is 0 Å². The molecule has 3 N–H and O–H groups in total. The minimum absolute atomic E-state index is 0.215. The van der Waals surface area contributed by atoms with Crippen LogP contribution in [0, 0.1) is 17.6 Å². The average molecular weight is 373 g/mol. The first kappa shape index (κ1) is 16.9. The number of nitrogens with zero attached hydrogens (tertiary/aromatic N) is 1. The molecule has 0 saturated carbocycles. The Labute approximate surface area is 153 Å². The molecule has 1 aliphatic rings. The third kappa shape index (κ3) is 2.92. The number of rotatable bonds is 2. The summed E-state index contributed by atoms with van der Waals surface area (Å²) < 4.78 is 27.1. The molecule has 2 heterocycles. The second kappa shape index (κ2) is 6.32. The maximum atomic E-state index is 13.8. The summed E-state index contributed by atoms with van der Waals surface area (Å²) in [5.41, 5.74) is 8.51. The summed E-state index contributed by atoms with van der Waals surface area (Å²) in [4.78, 5) is 18.2. The van der Waals surface area contributed by atoms with Gasteiger partial charge in [-0.3, -0.25) is 4.79 Å². The van der Waals surface area contributed by atoms with E-state index in [1.807, 2.05) is 6.07 Å². The van der Waals surface area contributed by atoms with Gasteiger partial charge in [-0.05, 0) is 48.9 Å². The fourth-order valence-electron chi connectivity index (χ4n) is 3.31. The first-order valence-corrected chi connectivity index (χ1v) is 9.21. The van der Waals surface area contributed by atoms with E-state index in [0.717, 1.165) is 48.5 Å². The SMILES string of the molecule is CC1CCc2nc3sc(C(=O)Nc4cc(F)ccc4F)c(N)c3cc2C1. The summed E-state index contributed by atoms with van der Waals surface area (Å²) in [5.74, 6) is -1.31. The predicted octanol–water partition coefficient (Wildman–Crippen LogP) is 4.53. The lowest BCUT2D eigenvalue weighted by atomic mass is 9.87. The standard InChI is InChI=1S/C19H17F2N3OS/c1-9-2-5-14-10(6-9)7-12-16(22)17(26-19(12)24-14)18(25)23-15-8-11(20)3-4-13(15)21/h3-4,7-9H,2,5-6,22H2,1H3,(H,23,25). The predicted molar refractivity (Wildman–Crippen MR) is 99.5 cm³/mol. The Morgan fingerprint density at radius 1 is 1.35 bits per heavy atom. The molecule has 7 heteroatoms. The molecule has 3 aromatic rings. The van der Waals surface area contributed by atoms with Gasteiger partial charge in [0.15, 0.2) is 0 Å². The molecule has 1 amide bonds. The second-order valence-electron chi connectivity index (χ2n) is 6.72. The molecular weight excluding hydrogens is 356 g/mol. The number of aromatic nitrogens is 1. The molecule has 4 nitrogen and oxygen atoms in total. The summed E-state index contributed by atoms with van der Waals surface area (Å²) in [5, 5.41) is 3.14. The Morgan fingerprint density at radius 3 is 2.96 bits per heavy atom. The van der Waals surface area contributed by atoms with Gasteiger partial charge in [-0.2, -0.15) is 0 Å². The summed E-state index contributed by atoms with van der Waals surface area (Å²) in [6.45, 7) is 2.20. The fraction of sp³-hybridized carbons (Fsp3) is 0.263. The number of pyridine rings is 1. The highest BCUT2D eigenvalue weighted by Gasteiger charge is 2.22. The lowest BCUT2D eigenvalue weighted by Gasteiger charge is -2.20. The quantitative estimate of drug-likeness (QED) is 0.693. The molecule has 0 bridgehead atoms. The van der Waals surface area contributed by atoms with Crippen LogP contribution in [-0.4, -0.2) is 10.9 Å². The zero-order chi connectivity index (χ0) is 18.4. The van der Waals surface area contributed by atoms with Crippen molar-refractivity contribution in [2.45, 2.75) is 26.2 Å². The van der Waals surface area contributed by atoms with Gasteiger partial charge in [-0.1, -0.05) is 6.92 Å². The van der Waals surface area contributed by atoms with Crippen molar-refractivity contribution in [1.29, 1.82) is 0 Å². The summed E-state index contributed by atoms with van der Waals surface area (Å²) in [6.07, 6.45) is 2.96. The van der Waals surface area contributed by atoms with Crippen LogP contribution in [0.3, 0.4) is 0 Å². The van der Waals surface area contributed by atoms with E-state index in [-0.39, 0.29) is 10.6 Å². The highest BCUT2D eigenvalue weighted by atomic mass is 32.1. The molecule has 0 aliphatic heterocycles. The Morgan fingerprint density at radius 2 is 2.15 bits per heavy atom. The largest absolute Gasteiger partial charge is 0.397 e. The molecular formula is C19H17F2N3OS. The van der Waals surface area contributed by atoms with Crippen molar-refractivity contribution in [3.63, 3.8) is 0 Å². The number of carbonyl (C=O) groups excluding carboxylic acids is 1. The fourth-order valence-corrected chi connectivity index (χ4v) is 4.31. The van der Waals surface area contributed by atoms with Crippen LogP contribution in [0.4, 0.5) is 20.2 Å². The number of benzene rings is 1. The van der Waals surface area contributed by atoms with Crippen molar-refractivity contribution < 1.29 is 13.6 Å². The number of hydrogen-bond donors (Lipinski definition) is 2. The normalized spacial score (nSPS) is 16.5. The van der Waals surface area contributed by atoms with Crippen LogP contribution in [0.5, 0.6) is 0 Å². The summed E-state index contributed by atoms with van der Waals surface area (Å²) in [7, 11) is 0. The van der Waals surface area contributed by atoms with E-state index in [9.17, 15) is 13.6 Å². The van der Waals surface area contributed by atoms with E-state index >= 15 is 0 Å². The van der Waals surface area contributed by atoms with Crippen molar-refractivity contribution >= 4 is 38.8 Å². The summed E-state index contributed by atoms with van der Waals surface area (Å²) in [6, 6.07) is 4.91. The van der Waals surface area contributed by atoms with Crippen molar-refractivity contribution in [2.75, 3.05) is 11.1 Å². The van der Waals surface area contributed by atoms with Crippen LogP contribution in [0.25, 0.3) is 10.2 Å². The maximum absolute atomic E-state index is 13.8. The van der Waals surface area contributed by atoms with Gasteiger partial charge in [0.25, 0.3) is 5.91 Å². The lowest BCUT2D eigenvalue weighted by molar-refractivity contribution is 0.103. The monoisotopic (exact) mass is 373 g/mol. The molecule has 1 aromatic carbocycles. The van der Waals surface area contributed by atoms with Gasteiger partial charge < -0.3 is 11.1 Å². The maximum Gasteiger partial charge on any atom is 0.268 e. The van der Waals surface area contributed by atoms with Crippen molar-refractivity contribution in [2.24, 2.45) is 5.92 Å². The zero-order valence-corrected chi connectivity index (χ0v) is 14.9. The average Bonchev–Trinajstić information content (AvgIpc) is 2.92. The van der Waals surface area contributed by atoms with Crippen molar-refractivity contribution in [3.05, 3.63) is 52.0 Å². The number of hydrogen-bond acceptors (Lipinski definition) is 4. The highest BCUT2D eigenvalue weighted by molar-refractivity contribution is 7.21. The van der Waals surface area contributed by atoms with Crippen LogP contribution in [-0.2, 0) is 12.8 Å². The molecule has 134 valence electrons. The molecule has 1 atom stereocenters. The number of anilines is 2. The molecule has 1 aliphatic carbocycles. The molecule has 0 spiro atoms. The number of halogens is 2. The van der Waals surface area contributed by atoms with E-state index < -0.39 is 17.5 Å². The molecule has 1 unspecified atom stereocenters. The Balaban J connectivity index is 1.71. The van der Waals surface area contributed by atoms with Gasteiger partial charge in [0.1, 0.15) is 21.3 Å². The molecule has 0 saturated heterocycles. The van der Waals surface area contributed by atoms with Gasteiger partial charge in [0.05, 0.1) is 11.4 Å². The third-order valence-electron chi connectivity index (χ3n) is 4.71. The smallest absolute Gasteiger partial charge is 0.268 e.